The second-order valence-corrected chi connectivity index (χ2v) is 8.41. The average molecular weight is 402 g/mol. The SMILES string of the molecule is COc1ccccc1NC(=O)N1CCC(CNC(=O)CCC2CCCCC2)CC1. The first-order chi connectivity index (χ1) is 14.2. The highest BCUT2D eigenvalue weighted by Gasteiger charge is 2.24. The number of likely N-dealkylation sites (tertiary alicyclic amines) is 1. The molecule has 0 bridgehead atoms. The Balaban J connectivity index is 1.33. The lowest BCUT2D eigenvalue weighted by molar-refractivity contribution is -0.121. The lowest BCUT2D eigenvalue weighted by atomic mass is 9.86. The summed E-state index contributed by atoms with van der Waals surface area (Å²) in [6, 6.07) is 7.33. The molecule has 0 radical (unpaired) electrons. The molecule has 1 heterocycles. The van der Waals surface area contributed by atoms with Crippen molar-refractivity contribution >= 4 is 17.6 Å². The van der Waals surface area contributed by atoms with Gasteiger partial charge in [0.2, 0.25) is 5.91 Å². The van der Waals surface area contributed by atoms with Crippen LogP contribution in [-0.4, -0.2) is 43.6 Å². The van der Waals surface area contributed by atoms with Gasteiger partial charge in [-0.25, -0.2) is 4.79 Å². The number of para-hydroxylation sites is 2. The molecule has 2 N–H and O–H groups in total. The molecule has 0 spiro atoms. The molecular formula is C23H35N3O3. The quantitative estimate of drug-likeness (QED) is 0.711. The van der Waals surface area contributed by atoms with Gasteiger partial charge in [0.25, 0.3) is 0 Å². The molecule has 1 aliphatic carbocycles. The van der Waals surface area contributed by atoms with E-state index < -0.39 is 0 Å². The van der Waals surface area contributed by atoms with Gasteiger partial charge in [-0.05, 0) is 43.2 Å². The van der Waals surface area contributed by atoms with Crippen LogP contribution in [0.25, 0.3) is 0 Å². The van der Waals surface area contributed by atoms with Crippen LogP contribution in [0.15, 0.2) is 24.3 Å². The zero-order chi connectivity index (χ0) is 20.5. The van der Waals surface area contributed by atoms with Crippen LogP contribution in [-0.2, 0) is 4.79 Å². The van der Waals surface area contributed by atoms with Gasteiger partial charge >= 0.3 is 6.03 Å². The van der Waals surface area contributed by atoms with Crippen LogP contribution in [0, 0.1) is 11.8 Å². The van der Waals surface area contributed by atoms with Crippen molar-refractivity contribution in [3.8, 4) is 5.75 Å². The Hall–Kier alpha value is -2.24. The van der Waals surface area contributed by atoms with E-state index >= 15 is 0 Å². The molecule has 3 amide bonds. The molecule has 1 aliphatic heterocycles. The van der Waals surface area contributed by atoms with Crippen LogP contribution in [0.3, 0.4) is 0 Å². The molecule has 0 aromatic heterocycles. The summed E-state index contributed by atoms with van der Waals surface area (Å²) in [5.74, 6) is 2.04. The van der Waals surface area contributed by atoms with E-state index in [-0.39, 0.29) is 11.9 Å². The van der Waals surface area contributed by atoms with Gasteiger partial charge in [0.1, 0.15) is 5.75 Å². The minimum atomic E-state index is -0.0931. The summed E-state index contributed by atoms with van der Waals surface area (Å²) in [6.07, 6.45) is 10.1. The van der Waals surface area contributed by atoms with Crippen LogP contribution >= 0.6 is 0 Å². The number of nitrogens with one attached hydrogen (secondary N) is 2. The Morgan fingerprint density at radius 3 is 2.48 bits per heavy atom. The zero-order valence-corrected chi connectivity index (χ0v) is 17.6. The van der Waals surface area contributed by atoms with E-state index in [1.807, 2.05) is 29.2 Å². The molecule has 6 nitrogen and oxygen atoms in total. The number of benzene rings is 1. The van der Waals surface area contributed by atoms with Gasteiger partial charge in [-0.1, -0.05) is 44.2 Å². The van der Waals surface area contributed by atoms with Crippen molar-refractivity contribution in [2.45, 2.75) is 57.8 Å². The number of nitrogens with zero attached hydrogens (tertiary/aromatic N) is 1. The third-order valence-corrected chi connectivity index (χ3v) is 6.34. The van der Waals surface area contributed by atoms with Crippen LogP contribution in [0.1, 0.15) is 57.8 Å². The first-order valence-corrected chi connectivity index (χ1v) is 11.1. The van der Waals surface area contributed by atoms with Crippen molar-refractivity contribution in [3.63, 3.8) is 0 Å². The molecule has 3 rings (SSSR count). The van der Waals surface area contributed by atoms with E-state index in [1.54, 1.807) is 7.11 Å². The fourth-order valence-corrected chi connectivity index (χ4v) is 4.44. The standard InChI is InChI=1S/C23H35N3O3/c1-29-21-10-6-5-9-20(21)25-23(28)26-15-13-19(14-16-26)17-24-22(27)12-11-18-7-3-2-4-8-18/h5-6,9-10,18-19H,2-4,7-8,11-17H2,1H3,(H,24,27)(H,25,28). The molecule has 0 unspecified atom stereocenters. The van der Waals surface area contributed by atoms with Crippen LogP contribution in [0.4, 0.5) is 10.5 Å². The first kappa shape index (κ1) is 21.5. The summed E-state index contributed by atoms with van der Waals surface area (Å²) in [4.78, 5) is 26.5. The monoisotopic (exact) mass is 401 g/mol. The number of anilines is 1. The molecule has 2 aliphatic rings. The van der Waals surface area contributed by atoms with Crippen molar-refractivity contribution < 1.29 is 14.3 Å². The molecule has 0 atom stereocenters. The molecule has 1 aromatic carbocycles. The average Bonchev–Trinajstić information content (AvgIpc) is 2.77. The fraction of sp³-hybridized carbons (Fsp3) is 0.652. The molecule has 2 fully saturated rings. The Morgan fingerprint density at radius 2 is 1.76 bits per heavy atom. The number of amides is 3. The van der Waals surface area contributed by atoms with E-state index in [0.717, 1.165) is 31.7 Å². The number of hydrogen-bond acceptors (Lipinski definition) is 3. The molecule has 1 saturated heterocycles. The number of rotatable bonds is 7. The molecule has 29 heavy (non-hydrogen) atoms. The largest absolute Gasteiger partial charge is 0.495 e. The van der Waals surface area contributed by atoms with E-state index in [2.05, 4.69) is 10.6 Å². The second kappa shape index (κ2) is 11.1. The highest BCUT2D eigenvalue weighted by molar-refractivity contribution is 5.91. The molecule has 1 aromatic rings. The van der Waals surface area contributed by atoms with Gasteiger partial charge in [0, 0.05) is 26.1 Å². The van der Waals surface area contributed by atoms with E-state index in [9.17, 15) is 9.59 Å². The van der Waals surface area contributed by atoms with Crippen LogP contribution in [0.5, 0.6) is 5.75 Å². The van der Waals surface area contributed by atoms with Gasteiger partial charge in [-0.3, -0.25) is 4.79 Å². The van der Waals surface area contributed by atoms with Crippen molar-refractivity contribution in [1.29, 1.82) is 0 Å². The van der Waals surface area contributed by atoms with Gasteiger partial charge in [0.05, 0.1) is 12.8 Å². The third kappa shape index (κ3) is 6.65. The highest BCUT2D eigenvalue weighted by Crippen LogP contribution is 2.27. The van der Waals surface area contributed by atoms with E-state index in [1.165, 1.54) is 32.1 Å². The molecule has 6 heteroatoms. The minimum absolute atomic E-state index is 0.0931. The Morgan fingerprint density at radius 1 is 1.03 bits per heavy atom. The Labute approximate surface area is 174 Å². The van der Waals surface area contributed by atoms with Gasteiger partial charge in [0.15, 0.2) is 0 Å². The third-order valence-electron chi connectivity index (χ3n) is 6.34. The van der Waals surface area contributed by atoms with Crippen molar-refractivity contribution in [1.82, 2.24) is 10.2 Å². The van der Waals surface area contributed by atoms with Gasteiger partial charge in [-0.2, -0.15) is 0 Å². The lowest BCUT2D eigenvalue weighted by Crippen LogP contribution is -2.43. The smallest absolute Gasteiger partial charge is 0.321 e. The van der Waals surface area contributed by atoms with Crippen molar-refractivity contribution in [2.24, 2.45) is 11.8 Å². The topological polar surface area (TPSA) is 70.7 Å². The second-order valence-electron chi connectivity index (χ2n) is 8.41. The molecule has 1 saturated carbocycles. The molecular weight excluding hydrogens is 366 g/mol. The van der Waals surface area contributed by atoms with Gasteiger partial charge in [-0.15, -0.1) is 0 Å². The summed E-state index contributed by atoms with van der Waals surface area (Å²) in [5, 5.41) is 6.05. The predicted molar refractivity (Wildman–Crippen MR) is 115 cm³/mol. The lowest BCUT2D eigenvalue weighted by Gasteiger charge is -2.32. The normalized spacial score (nSPS) is 18.3. The summed E-state index contributed by atoms with van der Waals surface area (Å²) in [6.45, 7) is 2.15. The number of ether oxygens (including phenoxy) is 1. The summed E-state index contributed by atoms with van der Waals surface area (Å²) < 4.78 is 5.29. The van der Waals surface area contributed by atoms with Crippen LogP contribution < -0.4 is 15.4 Å². The van der Waals surface area contributed by atoms with Gasteiger partial charge < -0.3 is 20.3 Å². The maximum absolute atomic E-state index is 12.5. The van der Waals surface area contributed by atoms with E-state index in [0.29, 0.717) is 36.9 Å². The highest BCUT2D eigenvalue weighted by atomic mass is 16.5. The van der Waals surface area contributed by atoms with Crippen LogP contribution in [0.2, 0.25) is 0 Å². The first-order valence-electron chi connectivity index (χ1n) is 11.1. The maximum atomic E-state index is 12.5. The van der Waals surface area contributed by atoms with Crippen molar-refractivity contribution in [3.05, 3.63) is 24.3 Å². The fourth-order valence-electron chi connectivity index (χ4n) is 4.44. The summed E-state index contributed by atoms with van der Waals surface area (Å²) in [5.41, 5.74) is 0.687. The summed E-state index contributed by atoms with van der Waals surface area (Å²) >= 11 is 0. The predicted octanol–water partition coefficient (Wildman–Crippen LogP) is 4.42. The number of piperidine rings is 1. The maximum Gasteiger partial charge on any atom is 0.321 e. The Kier molecular flexibility index (Phi) is 8.20. The number of carbonyl (C=O) groups excluding carboxylic acids is 2. The zero-order valence-electron chi connectivity index (χ0n) is 17.6. The van der Waals surface area contributed by atoms with E-state index in [4.69, 9.17) is 4.74 Å². The number of methoxy groups -OCH3 is 1. The van der Waals surface area contributed by atoms with Crippen molar-refractivity contribution in [2.75, 3.05) is 32.1 Å². The Bertz CT molecular complexity index is 665. The minimum Gasteiger partial charge on any atom is -0.495 e. The number of carbonyl (C=O) groups is 2. The summed E-state index contributed by atoms with van der Waals surface area (Å²) in [7, 11) is 1.60. The number of hydrogen-bond donors (Lipinski definition) is 2. The number of urea groups is 1. The molecule has 160 valence electrons.